The average Bonchev–Trinajstić information content (AvgIpc) is 2.62. The van der Waals surface area contributed by atoms with Gasteiger partial charge < -0.3 is 0 Å². The first kappa shape index (κ1) is 8.38. The smallest absolute Gasteiger partial charge is 0.159 e. The molecule has 60 valence electrons. The van der Waals surface area contributed by atoms with Crippen molar-refractivity contribution in [3.05, 3.63) is 0 Å². The molecule has 1 saturated carbocycles. The summed E-state index contributed by atoms with van der Waals surface area (Å²) in [6.07, 6.45) is 3.75. The maximum atomic E-state index is 13.3. The van der Waals surface area contributed by atoms with Gasteiger partial charge in [0.2, 0.25) is 0 Å². The molecule has 1 fully saturated rings. The maximum absolute atomic E-state index is 13.3. The molecule has 2 heteroatoms. The third-order valence-electron chi connectivity index (χ3n) is 2.56. The Morgan fingerprint density at radius 1 is 1.80 bits per heavy atom. The van der Waals surface area contributed by atoms with Crippen LogP contribution in [0.25, 0.3) is 0 Å². The summed E-state index contributed by atoms with van der Waals surface area (Å²) in [5.74, 6) is 0.907. The van der Waals surface area contributed by atoms with Crippen LogP contribution in [0.1, 0.15) is 26.7 Å². The highest BCUT2D eigenvalue weighted by molar-refractivity contribution is 8.00. The van der Waals surface area contributed by atoms with Crippen molar-refractivity contribution in [1.29, 1.82) is 0 Å². The lowest BCUT2D eigenvalue weighted by atomic mass is 10.0. The van der Waals surface area contributed by atoms with Gasteiger partial charge in [0.15, 0.2) is 5.00 Å². The minimum atomic E-state index is -0.852. The Morgan fingerprint density at radius 3 is 2.70 bits per heavy atom. The van der Waals surface area contributed by atoms with E-state index in [-0.39, 0.29) is 0 Å². The van der Waals surface area contributed by atoms with E-state index < -0.39 is 5.00 Å². The van der Waals surface area contributed by atoms with E-state index in [1.807, 2.05) is 6.26 Å². The Hall–Kier alpha value is 0.280. The monoisotopic (exact) mass is 162 g/mol. The molecule has 10 heavy (non-hydrogen) atoms. The Kier molecular flexibility index (Phi) is 2.28. The number of hydrogen-bond acceptors (Lipinski definition) is 1. The molecule has 0 heterocycles. The highest BCUT2D eigenvalue weighted by atomic mass is 32.2. The summed E-state index contributed by atoms with van der Waals surface area (Å²) in [5, 5.41) is -0.852. The fourth-order valence-corrected chi connectivity index (χ4v) is 2.27. The Bertz CT molecular complexity index is 126. The van der Waals surface area contributed by atoms with Crippen molar-refractivity contribution in [2.45, 2.75) is 31.7 Å². The standard InChI is InChI=1S/C8H15FS/c1-4-6(2)7-5-8(7,9)10-3/h6-7H,4-5H2,1-3H3. The van der Waals surface area contributed by atoms with Gasteiger partial charge >= 0.3 is 0 Å². The third kappa shape index (κ3) is 1.31. The van der Waals surface area contributed by atoms with Gasteiger partial charge in [-0.1, -0.05) is 20.3 Å². The molecule has 0 saturated heterocycles. The number of halogens is 1. The Morgan fingerprint density at radius 2 is 2.40 bits per heavy atom. The normalized spacial score (nSPS) is 41.4. The topological polar surface area (TPSA) is 0 Å². The van der Waals surface area contributed by atoms with E-state index in [9.17, 15) is 4.39 Å². The first-order chi connectivity index (χ1) is 4.64. The fraction of sp³-hybridized carbons (Fsp3) is 1.00. The predicted molar refractivity (Wildman–Crippen MR) is 44.9 cm³/mol. The van der Waals surface area contributed by atoms with Gasteiger partial charge in [-0.2, -0.15) is 0 Å². The van der Waals surface area contributed by atoms with Crippen molar-refractivity contribution in [3.63, 3.8) is 0 Å². The van der Waals surface area contributed by atoms with Crippen LogP contribution in [-0.4, -0.2) is 11.3 Å². The summed E-state index contributed by atoms with van der Waals surface area (Å²) in [5.41, 5.74) is 0. The average molecular weight is 162 g/mol. The quantitative estimate of drug-likeness (QED) is 0.614. The largest absolute Gasteiger partial charge is 0.232 e. The minimum absolute atomic E-state index is 0.340. The second kappa shape index (κ2) is 2.72. The summed E-state index contributed by atoms with van der Waals surface area (Å²) >= 11 is 1.38. The van der Waals surface area contributed by atoms with E-state index >= 15 is 0 Å². The molecule has 0 aromatic heterocycles. The molecule has 0 spiro atoms. The summed E-state index contributed by atoms with van der Waals surface area (Å²) in [4.78, 5) is 0. The van der Waals surface area contributed by atoms with Crippen LogP contribution in [0.3, 0.4) is 0 Å². The highest BCUT2D eigenvalue weighted by Crippen LogP contribution is 2.58. The highest BCUT2D eigenvalue weighted by Gasteiger charge is 2.56. The lowest BCUT2D eigenvalue weighted by Gasteiger charge is -2.08. The van der Waals surface area contributed by atoms with Crippen molar-refractivity contribution in [1.82, 2.24) is 0 Å². The summed E-state index contributed by atoms with van der Waals surface area (Å²) < 4.78 is 13.3. The molecule has 0 radical (unpaired) electrons. The number of alkyl halides is 1. The fourth-order valence-electron chi connectivity index (χ4n) is 1.39. The summed E-state index contributed by atoms with van der Waals surface area (Å²) in [6, 6.07) is 0. The van der Waals surface area contributed by atoms with E-state index in [1.54, 1.807) is 0 Å². The van der Waals surface area contributed by atoms with Gasteiger partial charge in [-0.25, -0.2) is 4.39 Å². The molecular weight excluding hydrogens is 147 g/mol. The molecule has 1 aliphatic rings. The van der Waals surface area contributed by atoms with Crippen molar-refractivity contribution in [2.24, 2.45) is 11.8 Å². The van der Waals surface area contributed by atoms with Crippen LogP contribution in [0.15, 0.2) is 0 Å². The van der Waals surface area contributed by atoms with Gasteiger partial charge in [0, 0.05) is 5.92 Å². The molecule has 0 aromatic rings. The van der Waals surface area contributed by atoms with Crippen molar-refractivity contribution >= 4 is 11.8 Å². The molecule has 0 bridgehead atoms. The second-order valence-corrected chi connectivity index (χ2v) is 4.27. The van der Waals surface area contributed by atoms with Crippen LogP contribution >= 0.6 is 11.8 Å². The van der Waals surface area contributed by atoms with Crippen LogP contribution < -0.4 is 0 Å². The molecule has 0 aromatic carbocycles. The van der Waals surface area contributed by atoms with Gasteiger partial charge in [0.25, 0.3) is 0 Å². The molecular formula is C8H15FS. The van der Waals surface area contributed by atoms with E-state index in [0.717, 1.165) is 12.8 Å². The maximum Gasteiger partial charge on any atom is 0.159 e. The van der Waals surface area contributed by atoms with Gasteiger partial charge in [-0.3, -0.25) is 0 Å². The lowest BCUT2D eigenvalue weighted by molar-refractivity contribution is 0.352. The Labute approximate surface area is 66.6 Å². The minimum Gasteiger partial charge on any atom is -0.232 e. The summed E-state index contributed by atoms with van der Waals surface area (Å²) in [7, 11) is 0. The lowest BCUT2D eigenvalue weighted by Crippen LogP contribution is -2.04. The molecule has 1 aliphatic carbocycles. The molecule has 0 nitrogen and oxygen atoms in total. The first-order valence-corrected chi connectivity index (χ1v) is 5.10. The molecule has 1 rings (SSSR count). The van der Waals surface area contributed by atoms with E-state index in [4.69, 9.17) is 0 Å². The zero-order valence-corrected chi connectivity index (χ0v) is 7.67. The van der Waals surface area contributed by atoms with Crippen LogP contribution in [0.4, 0.5) is 4.39 Å². The second-order valence-electron chi connectivity index (χ2n) is 3.19. The van der Waals surface area contributed by atoms with Gasteiger partial charge in [-0.05, 0) is 18.6 Å². The first-order valence-electron chi connectivity index (χ1n) is 3.88. The van der Waals surface area contributed by atoms with Crippen LogP contribution in [0, 0.1) is 11.8 Å². The van der Waals surface area contributed by atoms with E-state index in [2.05, 4.69) is 13.8 Å². The SMILES string of the molecule is CCC(C)C1CC1(F)SC. The van der Waals surface area contributed by atoms with Crippen molar-refractivity contribution in [3.8, 4) is 0 Å². The Balaban J connectivity index is 2.36. The van der Waals surface area contributed by atoms with Crippen molar-refractivity contribution in [2.75, 3.05) is 6.26 Å². The van der Waals surface area contributed by atoms with Gasteiger partial charge in [0.05, 0.1) is 0 Å². The number of thioether (sulfide) groups is 1. The van der Waals surface area contributed by atoms with E-state index in [1.165, 1.54) is 11.8 Å². The van der Waals surface area contributed by atoms with Gasteiger partial charge in [0.1, 0.15) is 0 Å². The number of hydrogen-bond donors (Lipinski definition) is 0. The summed E-state index contributed by atoms with van der Waals surface area (Å²) in [6.45, 7) is 4.27. The van der Waals surface area contributed by atoms with Gasteiger partial charge in [-0.15, -0.1) is 11.8 Å². The molecule has 3 unspecified atom stereocenters. The molecule has 0 N–H and O–H groups in total. The zero-order chi connectivity index (χ0) is 7.78. The number of rotatable bonds is 3. The molecule has 0 aliphatic heterocycles. The predicted octanol–water partition coefficient (Wildman–Crippen LogP) is 3.08. The van der Waals surface area contributed by atoms with Crippen LogP contribution in [0.2, 0.25) is 0 Å². The molecule has 0 amide bonds. The van der Waals surface area contributed by atoms with Crippen LogP contribution in [-0.2, 0) is 0 Å². The van der Waals surface area contributed by atoms with Crippen molar-refractivity contribution < 1.29 is 4.39 Å². The molecule has 3 atom stereocenters. The zero-order valence-electron chi connectivity index (χ0n) is 6.86. The van der Waals surface area contributed by atoms with Crippen LogP contribution in [0.5, 0.6) is 0 Å². The third-order valence-corrected chi connectivity index (χ3v) is 3.71. The van der Waals surface area contributed by atoms with E-state index in [0.29, 0.717) is 11.8 Å².